The molecule has 0 aromatic heterocycles. The maximum absolute atomic E-state index is 14.0. The summed E-state index contributed by atoms with van der Waals surface area (Å²) in [6.45, 7) is 1.91. The zero-order valence-electron chi connectivity index (χ0n) is 19.6. The maximum Gasteiger partial charge on any atom is 0.241 e. The number of anilines is 1. The number of fused-ring (bicyclic) bond motifs is 1. The van der Waals surface area contributed by atoms with Crippen LogP contribution in [-0.4, -0.2) is 14.3 Å². The van der Waals surface area contributed by atoms with E-state index in [1.807, 2.05) is 85.8 Å². The monoisotopic (exact) mass is 560 g/mol. The van der Waals surface area contributed by atoms with Crippen LogP contribution in [0.5, 0.6) is 0 Å². The van der Waals surface area contributed by atoms with E-state index in [4.69, 9.17) is 0 Å². The molecule has 0 saturated carbocycles. The van der Waals surface area contributed by atoms with E-state index < -0.39 is 21.5 Å². The van der Waals surface area contributed by atoms with Crippen molar-refractivity contribution in [1.29, 1.82) is 0 Å². The lowest BCUT2D eigenvalue weighted by molar-refractivity contribution is -0.121. The number of carbonyl (C=O) groups excluding carboxylic acids is 1. The molecule has 2 N–H and O–H groups in total. The number of carbonyl (C=O) groups is 1. The summed E-state index contributed by atoms with van der Waals surface area (Å²) in [6.07, 6.45) is 0.305. The van der Waals surface area contributed by atoms with Crippen LogP contribution in [0.25, 0.3) is 0 Å². The van der Waals surface area contributed by atoms with E-state index in [0.29, 0.717) is 17.7 Å². The van der Waals surface area contributed by atoms with Gasteiger partial charge in [0.05, 0.1) is 10.9 Å². The standard InChI is InChI=1S/C29H25BrN2O3S/c1-20-11-17-24(18-12-20)36(34,35)32-27(22-7-3-2-4-8-22)29(19-21-13-15-23(30)16-14-21)25-9-5-6-10-26(25)31-28(29)33/h2-18,27,32H,19H2,1H3,(H,31,33)/t27-,29-/m0/s1. The Hall–Kier alpha value is -3.26. The summed E-state index contributed by atoms with van der Waals surface area (Å²) in [5, 5.41) is 3.02. The molecule has 0 radical (unpaired) electrons. The van der Waals surface area contributed by atoms with E-state index >= 15 is 0 Å². The summed E-state index contributed by atoms with van der Waals surface area (Å²) in [7, 11) is -3.96. The highest BCUT2D eigenvalue weighted by Crippen LogP contribution is 2.48. The fraction of sp³-hybridized carbons (Fsp3) is 0.138. The Morgan fingerprint density at radius 1 is 0.861 bits per heavy atom. The van der Waals surface area contributed by atoms with Crippen molar-refractivity contribution in [3.63, 3.8) is 0 Å². The Morgan fingerprint density at radius 3 is 2.19 bits per heavy atom. The molecule has 5 rings (SSSR count). The average Bonchev–Trinajstić information content (AvgIpc) is 3.16. The predicted octanol–water partition coefficient (Wildman–Crippen LogP) is 5.91. The van der Waals surface area contributed by atoms with Crippen molar-refractivity contribution in [3.05, 3.63) is 130 Å². The summed E-state index contributed by atoms with van der Waals surface area (Å²) in [6, 6.07) is 30.4. The Morgan fingerprint density at radius 2 is 1.50 bits per heavy atom. The molecule has 4 aromatic rings. The molecule has 0 saturated heterocycles. The molecule has 7 heteroatoms. The molecule has 1 aliphatic rings. The molecule has 5 nitrogen and oxygen atoms in total. The third kappa shape index (κ3) is 4.50. The third-order valence-electron chi connectivity index (χ3n) is 6.69. The van der Waals surface area contributed by atoms with Gasteiger partial charge in [-0.3, -0.25) is 4.79 Å². The van der Waals surface area contributed by atoms with Crippen LogP contribution < -0.4 is 10.0 Å². The van der Waals surface area contributed by atoms with Crippen LogP contribution in [0.4, 0.5) is 5.69 Å². The largest absolute Gasteiger partial charge is 0.325 e. The van der Waals surface area contributed by atoms with Gasteiger partial charge in [0.1, 0.15) is 5.41 Å². The summed E-state index contributed by atoms with van der Waals surface area (Å²) in [5.41, 5.74) is 2.82. The van der Waals surface area contributed by atoms with E-state index in [1.165, 1.54) is 0 Å². The number of benzene rings is 4. The van der Waals surface area contributed by atoms with Crippen molar-refractivity contribution in [3.8, 4) is 0 Å². The summed E-state index contributed by atoms with van der Waals surface area (Å²) >= 11 is 3.47. The van der Waals surface area contributed by atoms with Gasteiger partial charge in [-0.15, -0.1) is 0 Å². The molecule has 1 aliphatic heterocycles. The lowest BCUT2D eigenvalue weighted by atomic mass is 9.69. The molecular weight excluding hydrogens is 536 g/mol. The summed E-state index contributed by atoms with van der Waals surface area (Å²) in [4.78, 5) is 14.1. The van der Waals surface area contributed by atoms with Gasteiger partial charge in [0.2, 0.25) is 15.9 Å². The molecule has 0 bridgehead atoms. The van der Waals surface area contributed by atoms with Crippen LogP contribution in [0.1, 0.15) is 28.3 Å². The van der Waals surface area contributed by atoms with Gasteiger partial charge < -0.3 is 5.32 Å². The topological polar surface area (TPSA) is 75.3 Å². The van der Waals surface area contributed by atoms with Gasteiger partial charge in [-0.05, 0) is 60.4 Å². The highest BCUT2D eigenvalue weighted by molar-refractivity contribution is 9.10. The number of hydrogen-bond acceptors (Lipinski definition) is 3. The average molecular weight is 562 g/mol. The van der Waals surface area contributed by atoms with Gasteiger partial charge in [-0.2, -0.15) is 0 Å². The summed E-state index contributed by atoms with van der Waals surface area (Å²) < 4.78 is 31.2. The highest BCUT2D eigenvalue weighted by atomic mass is 79.9. The number of aryl methyl sites for hydroxylation is 1. The minimum absolute atomic E-state index is 0.152. The van der Waals surface area contributed by atoms with Gasteiger partial charge in [-0.25, -0.2) is 13.1 Å². The molecule has 4 aromatic carbocycles. The lowest BCUT2D eigenvalue weighted by Crippen LogP contribution is -2.49. The van der Waals surface area contributed by atoms with Crippen LogP contribution >= 0.6 is 15.9 Å². The number of halogens is 1. The minimum atomic E-state index is -3.96. The van der Waals surface area contributed by atoms with Gasteiger partial charge in [0.15, 0.2) is 0 Å². The van der Waals surface area contributed by atoms with Crippen molar-refractivity contribution in [2.75, 3.05) is 5.32 Å². The zero-order chi connectivity index (χ0) is 25.3. The Labute approximate surface area is 219 Å². The third-order valence-corrected chi connectivity index (χ3v) is 8.65. The van der Waals surface area contributed by atoms with Crippen LogP contribution in [0, 0.1) is 6.92 Å². The number of hydrogen-bond donors (Lipinski definition) is 2. The fourth-order valence-electron chi connectivity index (χ4n) is 4.86. The molecule has 0 unspecified atom stereocenters. The predicted molar refractivity (Wildman–Crippen MR) is 145 cm³/mol. The Kier molecular flexibility index (Phi) is 6.55. The SMILES string of the molecule is Cc1ccc(S(=O)(=O)N[C@@H](c2ccccc2)[C@@]2(Cc3ccc(Br)cc3)C(=O)Nc3ccccc32)cc1. The van der Waals surface area contributed by atoms with Gasteiger partial charge in [-0.1, -0.05) is 94.3 Å². The molecule has 0 aliphatic carbocycles. The second kappa shape index (κ2) is 9.65. The highest BCUT2D eigenvalue weighted by Gasteiger charge is 2.54. The van der Waals surface area contributed by atoms with Crippen LogP contribution in [0.3, 0.4) is 0 Å². The van der Waals surface area contributed by atoms with Gasteiger partial charge >= 0.3 is 0 Å². The lowest BCUT2D eigenvalue weighted by Gasteiger charge is -2.37. The quantitative estimate of drug-likeness (QED) is 0.295. The molecule has 1 amide bonds. The number of sulfonamides is 1. The summed E-state index contributed by atoms with van der Waals surface area (Å²) in [5.74, 6) is -0.243. The van der Waals surface area contributed by atoms with Gasteiger partial charge in [0.25, 0.3) is 0 Å². The molecule has 0 spiro atoms. The first-order chi connectivity index (χ1) is 17.3. The molecule has 36 heavy (non-hydrogen) atoms. The first-order valence-electron chi connectivity index (χ1n) is 11.6. The van der Waals surface area contributed by atoms with Crippen molar-refractivity contribution >= 4 is 37.5 Å². The van der Waals surface area contributed by atoms with E-state index in [-0.39, 0.29) is 10.8 Å². The van der Waals surface area contributed by atoms with E-state index in [9.17, 15) is 13.2 Å². The second-order valence-electron chi connectivity index (χ2n) is 9.05. The molecule has 0 fully saturated rings. The molecular formula is C29H25BrN2O3S. The fourth-order valence-corrected chi connectivity index (χ4v) is 6.41. The number of para-hydroxylation sites is 1. The van der Waals surface area contributed by atoms with Crippen LogP contribution in [0.15, 0.2) is 112 Å². The first kappa shape index (κ1) is 24.4. The number of rotatable bonds is 7. The second-order valence-corrected chi connectivity index (χ2v) is 11.7. The van der Waals surface area contributed by atoms with Crippen molar-refractivity contribution in [2.24, 2.45) is 0 Å². The minimum Gasteiger partial charge on any atom is -0.325 e. The normalized spacial score (nSPS) is 17.9. The van der Waals surface area contributed by atoms with Crippen molar-refractivity contribution in [1.82, 2.24) is 4.72 Å². The van der Waals surface area contributed by atoms with Crippen LogP contribution in [0.2, 0.25) is 0 Å². The Balaban J connectivity index is 1.71. The van der Waals surface area contributed by atoms with E-state index in [1.54, 1.807) is 24.3 Å². The number of nitrogens with one attached hydrogen (secondary N) is 2. The van der Waals surface area contributed by atoms with E-state index in [2.05, 4.69) is 26.0 Å². The van der Waals surface area contributed by atoms with Crippen LogP contribution in [-0.2, 0) is 26.7 Å². The zero-order valence-corrected chi connectivity index (χ0v) is 22.0. The molecule has 1 heterocycles. The Bertz CT molecular complexity index is 1500. The molecule has 2 atom stereocenters. The number of amides is 1. The van der Waals surface area contributed by atoms with E-state index in [0.717, 1.165) is 21.2 Å². The van der Waals surface area contributed by atoms with Gasteiger partial charge in [0, 0.05) is 10.2 Å². The maximum atomic E-state index is 14.0. The van der Waals surface area contributed by atoms with Crippen molar-refractivity contribution < 1.29 is 13.2 Å². The molecule has 182 valence electrons. The van der Waals surface area contributed by atoms with Crippen molar-refractivity contribution in [2.45, 2.75) is 29.7 Å². The first-order valence-corrected chi connectivity index (χ1v) is 13.9. The smallest absolute Gasteiger partial charge is 0.241 e.